The second-order valence-corrected chi connectivity index (χ2v) is 7.51. The zero-order chi connectivity index (χ0) is 18.3. The molecule has 4 rings (SSSR count). The van der Waals surface area contributed by atoms with Crippen molar-refractivity contribution < 1.29 is 0 Å². The number of hydrogen-bond acceptors (Lipinski definition) is 6. The number of rotatable bonds is 3. The van der Waals surface area contributed by atoms with E-state index in [4.69, 9.17) is 16.5 Å². The molecule has 1 aliphatic carbocycles. The smallest absolute Gasteiger partial charge is 0.150 e. The second kappa shape index (κ2) is 6.41. The van der Waals surface area contributed by atoms with Crippen molar-refractivity contribution in [1.82, 2.24) is 24.7 Å². The normalized spacial score (nSPS) is 23.7. The van der Waals surface area contributed by atoms with Crippen molar-refractivity contribution in [2.75, 3.05) is 0 Å². The zero-order valence-corrected chi connectivity index (χ0v) is 15.3. The molecule has 3 aromatic rings. The van der Waals surface area contributed by atoms with Gasteiger partial charge in [-0.2, -0.15) is 5.10 Å². The summed E-state index contributed by atoms with van der Waals surface area (Å²) in [6.45, 7) is 4.20. The Morgan fingerprint density at radius 1 is 1.19 bits per heavy atom. The van der Waals surface area contributed by atoms with Crippen molar-refractivity contribution in [3.8, 4) is 11.1 Å². The SMILES string of the molecule is CC(C)n1cc(-c2cncc3cnc([C@]4(N)CCCC[C@H]4N)nc23)cn1. The van der Waals surface area contributed by atoms with Gasteiger partial charge in [-0.1, -0.05) is 12.8 Å². The molecular weight excluding hydrogens is 326 g/mol. The van der Waals surface area contributed by atoms with E-state index >= 15 is 0 Å². The number of aromatic nitrogens is 5. The van der Waals surface area contributed by atoms with Gasteiger partial charge in [-0.25, -0.2) is 9.97 Å². The van der Waals surface area contributed by atoms with Crippen LogP contribution in [0.25, 0.3) is 22.0 Å². The minimum atomic E-state index is -0.672. The average Bonchev–Trinajstić information content (AvgIpc) is 3.13. The van der Waals surface area contributed by atoms with Gasteiger partial charge in [-0.05, 0) is 26.7 Å². The van der Waals surface area contributed by atoms with Crippen LogP contribution in [0.2, 0.25) is 0 Å². The molecule has 0 saturated heterocycles. The Balaban J connectivity index is 1.84. The number of nitrogens with two attached hydrogens (primary N) is 2. The quantitative estimate of drug-likeness (QED) is 0.750. The predicted molar refractivity (Wildman–Crippen MR) is 101 cm³/mol. The fraction of sp³-hybridized carbons (Fsp3) is 0.474. The summed E-state index contributed by atoms with van der Waals surface area (Å²) < 4.78 is 1.93. The Bertz CT molecular complexity index is 933. The van der Waals surface area contributed by atoms with E-state index in [1.54, 1.807) is 12.4 Å². The van der Waals surface area contributed by atoms with Crippen LogP contribution < -0.4 is 11.5 Å². The molecule has 7 heteroatoms. The molecule has 1 fully saturated rings. The van der Waals surface area contributed by atoms with Crippen LogP contribution in [0.1, 0.15) is 51.4 Å². The summed E-state index contributed by atoms with van der Waals surface area (Å²) in [4.78, 5) is 13.7. The van der Waals surface area contributed by atoms with Crippen LogP contribution in [0.5, 0.6) is 0 Å². The van der Waals surface area contributed by atoms with Crippen LogP contribution in [-0.2, 0) is 5.54 Å². The Morgan fingerprint density at radius 3 is 2.77 bits per heavy atom. The van der Waals surface area contributed by atoms with Crippen molar-refractivity contribution in [2.45, 2.75) is 57.2 Å². The number of nitrogens with zero attached hydrogens (tertiary/aromatic N) is 5. The molecule has 0 amide bonds. The van der Waals surface area contributed by atoms with Crippen LogP contribution in [-0.4, -0.2) is 30.8 Å². The molecule has 7 nitrogen and oxygen atoms in total. The van der Waals surface area contributed by atoms with Crippen LogP contribution in [0.4, 0.5) is 0 Å². The van der Waals surface area contributed by atoms with Crippen LogP contribution >= 0.6 is 0 Å². The van der Waals surface area contributed by atoms with Gasteiger partial charge in [-0.15, -0.1) is 0 Å². The average molecular weight is 351 g/mol. The molecule has 3 aromatic heterocycles. The fourth-order valence-electron chi connectivity index (χ4n) is 3.65. The molecule has 2 atom stereocenters. The molecule has 3 heterocycles. The third-order valence-electron chi connectivity index (χ3n) is 5.36. The lowest BCUT2D eigenvalue weighted by atomic mass is 9.78. The maximum atomic E-state index is 6.67. The Kier molecular flexibility index (Phi) is 4.20. The van der Waals surface area contributed by atoms with Crippen LogP contribution in [0.3, 0.4) is 0 Å². The molecule has 0 radical (unpaired) electrons. The van der Waals surface area contributed by atoms with Crippen molar-refractivity contribution in [2.24, 2.45) is 11.5 Å². The summed E-state index contributed by atoms with van der Waals surface area (Å²) in [5, 5.41) is 5.32. The molecule has 0 aromatic carbocycles. The molecule has 1 saturated carbocycles. The van der Waals surface area contributed by atoms with Gasteiger partial charge in [-0.3, -0.25) is 9.67 Å². The largest absolute Gasteiger partial charge is 0.326 e. The van der Waals surface area contributed by atoms with Gasteiger partial charge in [0, 0.05) is 53.4 Å². The predicted octanol–water partition coefficient (Wildman–Crippen LogP) is 2.52. The molecule has 4 N–H and O–H groups in total. The Hall–Kier alpha value is -2.38. The van der Waals surface area contributed by atoms with Crippen molar-refractivity contribution in [1.29, 1.82) is 0 Å². The minimum absolute atomic E-state index is 0.123. The molecule has 136 valence electrons. The zero-order valence-electron chi connectivity index (χ0n) is 15.3. The standard InChI is InChI=1S/C19H25N7/c1-12(2)26-11-14(9-24-26)15-10-22-7-13-8-23-18(25-17(13)15)19(21)6-4-3-5-16(19)20/h7-12,16H,3-6,20-21H2,1-2H3/t16-,19+/m1/s1. The van der Waals surface area contributed by atoms with Crippen molar-refractivity contribution in [3.05, 3.63) is 36.8 Å². The highest BCUT2D eigenvalue weighted by Crippen LogP contribution is 2.34. The summed E-state index contributed by atoms with van der Waals surface area (Å²) >= 11 is 0. The number of hydrogen-bond donors (Lipinski definition) is 2. The number of pyridine rings is 1. The fourth-order valence-corrected chi connectivity index (χ4v) is 3.65. The first kappa shape index (κ1) is 17.1. The Labute approximate surface area is 152 Å². The maximum Gasteiger partial charge on any atom is 0.150 e. The highest BCUT2D eigenvalue weighted by molar-refractivity contribution is 5.91. The maximum absolute atomic E-state index is 6.67. The highest BCUT2D eigenvalue weighted by Gasteiger charge is 2.39. The van der Waals surface area contributed by atoms with E-state index < -0.39 is 5.54 Å². The molecular formula is C19H25N7. The lowest BCUT2D eigenvalue weighted by Crippen LogP contribution is -2.55. The molecule has 26 heavy (non-hydrogen) atoms. The molecule has 0 unspecified atom stereocenters. The summed E-state index contributed by atoms with van der Waals surface area (Å²) in [6, 6.07) is 0.173. The van der Waals surface area contributed by atoms with Gasteiger partial charge in [0.25, 0.3) is 0 Å². The topological polar surface area (TPSA) is 109 Å². The van der Waals surface area contributed by atoms with E-state index in [2.05, 4.69) is 28.9 Å². The van der Waals surface area contributed by atoms with Gasteiger partial charge >= 0.3 is 0 Å². The van der Waals surface area contributed by atoms with Crippen LogP contribution in [0.15, 0.2) is 31.0 Å². The van der Waals surface area contributed by atoms with E-state index in [9.17, 15) is 0 Å². The minimum Gasteiger partial charge on any atom is -0.326 e. The second-order valence-electron chi connectivity index (χ2n) is 7.51. The van der Waals surface area contributed by atoms with E-state index in [0.29, 0.717) is 11.9 Å². The van der Waals surface area contributed by atoms with E-state index in [1.807, 2.05) is 23.3 Å². The Morgan fingerprint density at radius 2 is 2.04 bits per heavy atom. The third-order valence-corrected chi connectivity index (χ3v) is 5.36. The summed E-state index contributed by atoms with van der Waals surface area (Å²) in [7, 11) is 0. The van der Waals surface area contributed by atoms with E-state index in [0.717, 1.165) is 47.7 Å². The lowest BCUT2D eigenvalue weighted by Gasteiger charge is -2.37. The van der Waals surface area contributed by atoms with Crippen LogP contribution in [0, 0.1) is 0 Å². The first-order valence-corrected chi connectivity index (χ1v) is 9.19. The van der Waals surface area contributed by atoms with Gasteiger partial charge in [0.1, 0.15) is 5.82 Å². The number of fused-ring (bicyclic) bond motifs is 1. The first-order chi connectivity index (χ1) is 12.5. The van der Waals surface area contributed by atoms with Crippen molar-refractivity contribution in [3.63, 3.8) is 0 Å². The van der Waals surface area contributed by atoms with Crippen molar-refractivity contribution >= 4 is 10.9 Å². The van der Waals surface area contributed by atoms with Gasteiger partial charge in [0.15, 0.2) is 0 Å². The molecule has 0 aliphatic heterocycles. The summed E-state index contributed by atoms with van der Waals surface area (Å²) in [6.07, 6.45) is 13.2. The van der Waals surface area contributed by atoms with Gasteiger partial charge in [0.05, 0.1) is 17.3 Å². The van der Waals surface area contributed by atoms with Gasteiger partial charge < -0.3 is 11.5 Å². The monoisotopic (exact) mass is 351 g/mol. The first-order valence-electron chi connectivity index (χ1n) is 9.19. The van der Waals surface area contributed by atoms with E-state index in [1.165, 1.54) is 0 Å². The van der Waals surface area contributed by atoms with Gasteiger partial charge in [0.2, 0.25) is 0 Å². The summed E-state index contributed by atoms with van der Waals surface area (Å²) in [5.74, 6) is 0.626. The molecule has 0 spiro atoms. The lowest BCUT2D eigenvalue weighted by molar-refractivity contribution is 0.244. The summed E-state index contributed by atoms with van der Waals surface area (Å²) in [5.41, 5.74) is 15.1. The third kappa shape index (κ3) is 2.77. The van der Waals surface area contributed by atoms with E-state index in [-0.39, 0.29) is 6.04 Å². The highest BCUT2D eigenvalue weighted by atomic mass is 15.3. The molecule has 1 aliphatic rings. The molecule has 0 bridgehead atoms.